The molecule has 5 rings (SSSR count). The minimum Gasteiger partial charge on any atom is -0.497 e. The second kappa shape index (κ2) is 8.27. The number of sulfone groups is 1. The van der Waals surface area contributed by atoms with E-state index >= 15 is 0 Å². The molecule has 2 fully saturated rings. The van der Waals surface area contributed by atoms with Crippen LogP contribution < -0.4 is 4.74 Å². The van der Waals surface area contributed by atoms with Crippen molar-refractivity contribution in [3.8, 4) is 17.1 Å². The number of nitrogens with zero attached hydrogens (tertiary/aromatic N) is 4. The average Bonchev–Trinajstić information content (AvgIpc) is 3.59. The van der Waals surface area contributed by atoms with Crippen molar-refractivity contribution < 1.29 is 17.7 Å². The Hall–Kier alpha value is -2.68. The lowest BCUT2D eigenvalue weighted by Crippen LogP contribution is -2.25. The van der Waals surface area contributed by atoms with E-state index in [1.54, 1.807) is 31.4 Å². The Balaban J connectivity index is 1.41. The highest BCUT2D eigenvalue weighted by Gasteiger charge is 2.43. The Labute approximate surface area is 194 Å². The van der Waals surface area contributed by atoms with Gasteiger partial charge < -0.3 is 13.8 Å². The Morgan fingerprint density at radius 2 is 1.91 bits per heavy atom. The minimum absolute atomic E-state index is 0.0539. The SMILES string of the molecule is COc1ccc(-c2noc(CS(=O)(=O)c3nc(C)c(C)n3[C@H](C)[C@@H]3C[C@H]4CC[C@H]3C4)n2)cc1. The summed E-state index contributed by atoms with van der Waals surface area (Å²) < 4.78 is 39.3. The predicted molar refractivity (Wildman–Crippen MR) is 123 cm³/mol. The van der Waals surface area contributed by atoms with Crippen molar-refractivity contribution in [2.24, 2.45) is 17.8 Å². The van der Waals surface area contributed by atoms with E-state index in [9.17, 15) is 8.42 Å². The van der Waals surface area contributed by atoms with E-state index < -0.39 is 9.84 Å². The van der Waals surface area contributed by atoms with E-state index in [0.29, 0.717) is 23.4 Å². The molecule has 8 nitrogen and oxygen atoms in total. The van der Waals surface area contributed by atoms with E-state index in [1.165, 1.54) is 25.7 Å². The summed E-state index contributed by atoms with van der Waals surface area (Å²) in [5.41, 5.74) is 2.38. The molecule has 3 aromatic rings. The lowest BCUT2D eigenvalue weighted by molar-refractivity contribution is 0.231. The minimum atomic E-state index is -3.78. The fraction of sp³-hybridized carbons (Fsp3) is 0.542. The van der Waals surface area contributed by atoms with Gasteiger partial charge in [0, 0.05) is 17.3 Å². The zero-order chi connectivity index (χ0) is 23.3. The summed E-state index contributed by atoms with van der Waals surface area (Å²) in [6.45, 7) is 5.97. The van der Waals surface area contributed by atoms with Crippen LogP contribution in [0.3, 0.4) is 0 Å². The molecule has 1 aromatic carbocycles. The fourth-order valence-electron chi connectivity index (χ4n) is 5.77. The second-order valence-electron chi connectivity index (χ2n) is 9.51. The van der Waals surface area contributed by atoms with Gasteiger partial charge in [-0.15, -0.1) is 0 Å². The van der Waals surface area contributed by atoms with Gasteiger partial charge in [0.25, 0.3) is 0 Å². The summed E-state index contributed by atoms with van der Waals surface area (Å²) >= 11 is 0. The second-order valence-corrected chi connectivity index (χ2v) is 11.4. The van der Waals surface area contributed by atoms with Crippen LogP contribution in [0, 0.1) is 31.6 Å². The van der Waals surface area contributed by atoms with Gasteiger partial charge in [-0.1, -0.05) is 11.6 Å². The first-order valence-electron chi connectivity index (χ1n) is 11.5. The number of benzene rings is 1. The lowest BCUT2D eigenvalue weighted by atomic mass is 9.84. The molecule has 9 heteroatoms. The fourth-order valence-corrected chi connectivity index (χ4v) is 7.22. The van der Waals surface area contributed by atoms with Crippen molar-refractivity contribution in [1.29, 1.82) is 0 Å². The monoisotopic (exact) mass is 470 g/mol. The molecule has 0 unspecified atom stereocenters. The molecule has 2 aliphatic carbocycles. The number of imidazole rings is 1. The quantitative estimate of drug-likeness (QED) is 0.500. The smallest absolute Gasteiger partial charge is 0.242 e. The van der Waals surface area contributed by atoms with Crippen LogP contribution in [0.25, 0.3) is 11.4 Å². The molecule has 2 aliphatic rings. The van der Waals surface area contributed by atoms with Gasteiger partial charge in [-0.2, -0.15) is 4.98 Å². The van der Waals surface area contributed by atoms with Crippen molar-refractivity contribution in [2.45, 2.75) is 63.4 Å². The van der Waals surface area contributed by atoms with Crippen molar-refractivity contribution in [1.82, 2.24) is 19.7 Å². The maximum atomic E-state index is 13.5. The molecule has 176 valence electrons. The molecule has 2 aromatic heterocycles. The Kier molecular flexibility index (Phi) is 5.55. The summed E-state index contributed by atoms with van der Waals surface area (Å²) in [6.07, 6.45) is 5.02. The van der Waals surface area contributed by atoms with Crippen LogP contribution in [0.15, 0.2) is 33.9 Å². The Bertz CT molecular complexity index is 1260. The molecule has 0 aliphatic heterocycles. The summed E-state index contributed by atoms with van der Waals surface area (Å²) in [7, 11) is -2.18. The lowest BCUT2D eigenvalue weighted by Gasteiger charge is -2.30. The number of aromatic nitrogens is 4. The molecular formula is C24H30N4O4S. The normalized spacial score (nSPS) is 23.2. The largest absolute Gasteiger partial charge is 0.497 e. The summed E-state index contributed by atoms with van der Waals surface area (Å²) in [6, 6.07) is 7.28. The molecule has 0 N–H and O–H groups in total. The third-order valence-corrected chi connectivity index (χ3v) is 9.05. The first-order chi connectivity index (χ1) is 15.8. The van der Waals surface area contributed by atoms with Gasteiger partial charge in [-0.05, 0) is 82.1 Å². The topological polar surface area (TPSA) is 100 Å². The number of ether oxygens (including phenoxy) is 1. The van der Waals surface area contributed by atoms with Crippen LogP contribution in [-0.2, 0) is 15.6 Å². The standard InChI is InChI=1S/C24H30N4O4S/c1-14-15(2)28(16(3)21-12-17-5-6-19(21)11-17)24(25-14)33(29,30)13-22-26-23(27-32-22)18-7-9-20(31-4)10-8-18/h7-10,16-17,19,21H,5-6,11-13H2,1-4H3/t16-,17+,19+,21+/m1/s1. The highest BCUT2D eigenvalue weighted by atomic mass is 32.2. The summed E-state index contributed by atoms with van der Waals surface area (Å²) in [4.78, 5) is 8.81. The summed E-state index contributed by atoms with van der Waals surface area (Å²) in [5, 5.41) is 4.08. The molecule has 0 saturated heterocycles. The number of hydrogen-bond acceptors (Lipinski definition) is 7. The first-order valence-corrected chi connectivity index (χ1v) is 13.2. The highest BCUT2D eigenvalue weighted by molar-refractivity contribution is 7.90. The van der Waals surface area contributed by atoms with Crippen molar-refractivity contribution in [3.63, 3.8) is 0 Å². The van der Waals surface area contributed by atoms with Gasteiger partial charge in [-0.25, -0.2) is 13.4 Å². The van der Waals surface area contributed by atoms with Crippen LogP contribution >= 0.6 is 0 Å². The molecule has 2 bridgehead atoms. The Morgan fingerprint density at radius 3 is 2.55 bits per heavy atom. The zero-order valence-corrected chi connectivity index (χ0v) is 20.3. The third kappa shape index (κ3) is 3.96. The number of hydrogen-bond donors (Lipinski definition) is 0. The molecule has 0 radical (unpaired) electrons. The van der Waals surface area contributed by atoms with Crippen LogP contribution in [0.2, 0.25) is 0 Å². The Morgan fingerprint density at radius 1 is 1.15 bits per heavy atom. The molecule has 33 heavy (non-hydrogen) atoms. The van der Waals surface area contributed by atoms with E-state index in [2.05, 4.69) is 22.0 Å². The van der Waals surface area contributed by atoms with Gasteiger partial charge >= 0.3 is 0 Å². The van der Waals surface area contributed by atoms with Gasteiger partial charge in [0.2, 0.25) is 26.7 Å². The molecular weight excluding hydrogens is 440 g/mol. The molecule has 4 atom stereocenters. The number of fused-ring (bicyclic) bond motifs is 2. The van der Waals surface area contributed by atoms with E-state index in [1.807, 2.05) is 18.4 Å². The molecule has 2 saturated carbocycles. The zero-order valence-electron chi connectivity index (χ0n) is 19.5. The third-order valence-electron chi connectivity index (χ3n) is 7.58. The van der Waals surface area contributed by atoms with Gasteiger partial charge in [-0.3, -0.25) is 0 Å². The van der Waals surface area contributed by atoms with Gasteiger partial charge in [0.05, 0.1) is 12.8 Å². The van der Waals surface area contributed by atoms with Crippen molar-refractivity contribution in [3.05, 3.63) is 41.5 Å². The number of rotatable bonds is 7. The molecule has 0 spiro atoms. The van der Waals surface area contributed by atoms with Gasteiger partial charge in [0.1, 0.15) is 11.5 Å². The van der Waals surface area contributed by atoms with Crippen LogP contribution in [0.5, 0.6) is 5.75 Å². The predicted octanol–water partition coefficient (Wildman–Crippen LogP) is 4.53. The van der Waals surface area contributed by atoms with E-state index in [-0.39, 0.29) is 22.8 Å². The van der Waals surface area contributed by atoms with Crippen molar-refractivity contribution >= 4 is 9.84 Å². The maximum absolute atomic E-state index is 13.5. The average molecular weight is 471 g/mol. The molecule has 2 heterocycles. The number of aryl methyl sites for hydroxylation is 1. The van der Waals surface area contributed by atoms with Gasteiger partial charge in [0.15, 0.2) is 0 Å². The summed E-state index contributed by atoms with van der Waals surface area (Å²) in [5.74, 6) is 2.71. The van der Waals surface area contributed by atoms with Crippen molar-refractivity contribution in [2.75, 3.05) is 7.11 Å². The van der Waals surface area contributed by atoms with Crippen LogP contribution in [-0.4, -0.2) is 35.2 Å². The molecule has 0 amide bonds. The first kappa shape index (κ1) is 22.1. The maximum Gasteiger partial charge on any atom is 0.242 e. The highest BCUT2D eigenvalue weighted by Crippen LogP contribution is 2.52. The van der Waals surface area contributed by atoms with Crippen LogP contribution in [0.1, 0.15) is 55.9 Å². The number of methoxy groups -OCH3 is 1. The van der Waals surface area contributed by atoms with E-state index in [4.69, 9.17) is 9.26 Å². The van der Waals surface area contributed by atoms with E-state index in [0.717, 1.165) is 22.9 Å². The van der Waals surface area contributed by atoms with Crippen LogP contribution in [0.4, 0.5) is 0 Å².